The molecule has 1 aromatic carbocycles. The first-order valence-electron chi connectivity index (χ1n) is 7.13. The molecule has 0 amide bonds. The molecule has 2 atom stereocenters. The maximum absolute atomic E-state index is 13.8. The number of nitrogens with zero attached hydrogens (tertiary/aromatic N) is 2. The third-order valence-corrected chi connectivity index (χ3v) is 6.44. The minimum absolute atomic E-state index is 0.107. The second-order valence-corrected chi connectivity index (χ2v) is 8.12. The number of halogens is 2. The fraction of sp³-hybridized carbons (Fsp3) is 0.571. The SMILES string of the molecule is CC1CC(CN)CN1S(=O)(=O)N(C)Cc1c(F)cccc1Cl. The third kappa shape index (κ3) is 3.44. The van der Waals surface area contributed by atoms with Gasteiger partial charge in [0.15, 0.2) is 0 Å². The van der Waals surface area contributed by atoms with E-state index < -0.39 is 16.0 Å². The molecule has 0 saturated carbocycles. The van der Waals surface area contributed by atoms with E-state index in [2.05, 4.69) is 0 Å². The summed E-state index contributed by atoms with van der Waals surface area (Å²) in [6, 6.07) is 4.19. The van der Waals surface area contributed by atoms with E-state index in [-0.39, 0.29) is 29.1 Å². The zero-order chi connectivity index (χ0) is 16.5. The van der Waals surface area contributed by atoms with E-state index in [0.29, 0.717) is 13.1 Å². The average molecular weight is 350 g/mol. The molecular weight excluding hydrogens is 329 g/mol. The van der Waals surface area contributed by atoms with Crippen LogP contribution in [0.4, 0.5) is 4.39 Å². The van der Waals surface area contributed by atoms with Gasteiger partial charge in [0.25, 0.3) is 10.2 Å². The van der Waals surface area contributed by atoms with Crippen LogP contribution < -0.4 is 5.73 Å². The van der Waals surface area contributed by atoms with Crippen LogP contribution in [-0.2, 0) is 16.8 Å². The van der Waals surface area contributed by atoms with Gasteiger partial charge >= 0.3 is 0 Å². The maximum atomic E-state index is 13.8. The number of hydrogen-bond acceptors (Lipinski definition) is 3. The highest BCUT2D eigenvalue weighted by Crippen LogP contribution is 2.28. The van der Waals surface area contributed by atoms with Crippen molar-refractivity contribution in [1.82, 2.24) is 8.61 Å². The van der Waals surface area contributed by atoms with Crippen molar-refractivity contribution < 1.29 is 12.8 Å². The molecule has 1 fully saturated rings. The van der Waals surface area contributed by atoms with Gasteiger partial charge in [-0.3, -0.25) is 0 Å². The van der Waals surface area contributed by atoms with Crippen molar-refractivity contribution in [2.75, 3.05) is 20.1 Å². The Balaban J connectivity index is 2.19. The van der Waals surface area contributed by atoms with Crippen molar-refractivity contribution >= 4 is 21.8 Å². The standard InChI is InChI=1S/C14H21ClFN3O2S/c1-10-6-11(7-17)8-19(10)22(20,21)18(2)9-12-13(15)4-3-5-14(12)16/h3-5,10-11H,6-9,17H2,1-2H3. The van der Waals surface area contributed by atoms with Gasteiger partial charge in [-0.05, 0) is 37.9 Å². The molecule has 1 aliphatic heterocycles. The molecule has 22 heavy (non-hydrogen) atoms. The number of rotatable bonds is 5. The summed E-state index contributed by atoms with van der Waals surface area (Å²) in [6.45, 7) is 2.61. The lowest BCUT2D eigenvalue weighted by Gasteiger charge is -2.27. The molecule has 124 valence electrons. The van der Waals surface area contributed by atoms with E-state index in [1.807, 2.05) is 6.92 Å². The van der Waals surface area contributed by atoms with Crippen molar-refractivity contribution in [2.24, 2.45) is 11.7 Å². The number of benzene rings is 1. The average Bonchev–Trinajstić information content (AvgIpc) is 2.84. The Morgan fingerprint density at radius 2 is 2.18 bits per heavy atom. The first kappa shape index (κ1) is 17.6. The van der Waals surface area contributed by atoms with Crippen molar-refractivity contribution in [3.05, 3.63) is 34.6 Å². The van der Waals surface area contributed by atoms with Crippen molar-refractivity contribution in [3.8, 4) is 0 Å². The van der Waals surface area contributed by atoms with Crippen LogP contribution in [0.5, 0.6) is 0 Å². The summed E-state index contributed by atoms with van der Waals surface area (Å²) in [5.41, 5.74) is 5.82. The fourth-order valence-electron chi connectivity index (χ4n) is 2.77. The van der Waals surface area contributed by atoms with Crippen LogP contribution in [0.15, 0.2) is 18.2 Å². The molecule has 1 aromatic rings. The number of nitrogens with two attached hydrogens (primary N) is 1. The molecule has 1 aliphatic rings. The van der Waals surface area contributed by atoms with E-state index in [1.165, 1.54) is 23.5 Å². The summed E-state index contributed by atoms with van der Waals surface area (Å²) < 4.78 is 41.7. The molecular formula is C14H21ClFN3O2S. The highest BCUT2D eigenvalue weighted by atomic mass is 35.5. The molecule has 0 spiro atoms. The minimum atomic E-state index is -3.68. The summed E-state index contributed by atoms with van der Waals surface area (Å²) in [5.74, 6) is -0.348. The van der Waals surface area contributed by atoms with Crippen LogP contribution in [0, 0.1) is 11.7 Å². The Hall–Kier alpha value is -0.730. The van der Waals surface area contributed by atoms with Crippen LogP contribution in [0.3, 0.4) is 0 Å². The topological polar surface area (TPSA) is 66.6 Å². The second-order valence-electron chi connectivity index (χ2n) is 5.72. The predicted octanol–water partition coefficient (Wildman–Crippen LogP) is 1.82. The molecule has 0 aromatic heterocycles. The van der Waals surface area contributed by atoms with Gasteiger partial charge in [0.2, 0.25) is 0 Å². The van der Waals surface area contributed by atoms with E-state index in [0.717, 1.165) is 10.7 Å². The summed E-state index contributed by atoms with van der Waals surface area (Å²) >= 11 is 5.97. The highest BCUT2D eigenvalue weighted by molar-refractivity contribution is 7.86. The fourth-order valence-corrected chi connectivity index (χ4v) is 4.58. The largest absolute Gasteiger partial charge is 0.330 e. The zero-order valence-corrected chi connectivity index (χ0v) is 14.2. The van der Waals surface area contributed by atoms with E-state index in [1.54, 1.807) is 6.07 Å². The Morgan fingerprint density at radius 3 is 2.73 bits per heavy atom. The highest BCUT2D eigenvalue weighted by Gasteiger charge is 2.38. The van der Waals surface area contributed by atoms with Gasteiger partial charge in [-0.2, -0.15) is 17.0 Å². The molecule has 1 heterocycles. The first-order valence-corrected chi connectivity index (χ1v) is 8.91. The lowest BCUT2D eigenvalue weighted by Crippen LogP contribution is -2.43. The lowest BCUT2D eigenvalue weighted by molar-refractivity contribution is 0.348. The lowest BCUT2D eigenvalue weighted by atomic mass is 10.1. The smallest absolute Gasteiger partial charge is 0.282 e. The predicted molar refractivity (Wildman–Crippen MR) is 85.1 cm³/mol. The molecule has 8 heteroatoms. The van der Waals surface area contributed by atoms with Gasteiger partial charge in [-0.15, -0.1) is 0 Å². The summed E-state index contributed by atoms with van der Waals surface area (Å²) in [6.07, 6.45) is 0.740. The van der Waals surface area contributed by atoms with Crippen LogP contribution in [0.25, 0.3) is 0 Å². The third-order valence-electron chi connectivity index (χ3n) is 4.07. The quantitative estimate of drug-likeness (QED) is 0.881. The summed E-state index contributed by atoms with van der Waals surface area (Å²) in [5, 5.41) is 0.219. The van der Waals surface area contributed by atoms with E-state index >= 15 is 0 Å². The van der Waals surface area contributed by atoms with E-state index in [9.17, 15) is 12.8 Å². The number of hydrogen-bond donors (Lipinski definition) is 1. The van der Waals surface area contributed by atoms with Crippen LogP contribution in [-0.4, -0.2) is 43.2 Å². The molecule has 0 aliphatic carbocycles. The molecule has 0 radical (unpaired) electrons. The Kier molecular flexibility index (Phi) is 5.45. The van der Waals surface area contributed by atoms with Crippen LogP contribution in [0.1, 0.15) is 18.9 Å². The van der Waals surface area contributed by atoms with Gasteiger partial charge < -0.3 is 5.73 Å². The molecule has 0 bridgehead atoms. The van der Waals surface area contributed by atoms with Gasteiger partial charge in [0.05, 0.1) is 0 Å². The normalized spacial score (nSPS) is 23.4. The molecule has 2 unspecified atom stereocenters. The first-order chi connectivity index (χ1) is 10.3. The summed E-state index contributed by atoms with van der Waals surface area (Å²) in [7, 11) is -2.25. The summed E-state index contributed by atoms with van der Waals surface area (Å²) in [4.78, 5) is 0. The monoisotopic (exact) mass is 349 g/mol. The van der Waals surface area contributed by atoms with Crippen LogP contribution >= 0.6 is 11.6 Å². The Bertz CT molecular complexity index is 621. The molecule has 5 nitrogen and oxygen atoms in total. The molecule has 2 N–H and O–H groups in total. The maximum Gasteiger partial charge on any atom is 0.282 e. The Labute approximate surface area is 136 Å². The minimum Gasteiger partial charge on any atom is -0.330 e. The van der Waals surface area contributed by atoms with Crippen molar-refractivity contribution in [1.29, 1.82) is 0 Å². The van der Waals surface area contributed by atoms with Crippen molar-refractivity contribution in [3.63, 3.8) is 0 Å². The van der Waals surface area contributed by atoms with E-state index in [4.69, 9.17) is 17.3 Å². The van der Waals surface area contributed by atoms with Gasteiger partial charge in [-0.1, -0.05) is 17.7 Å². The second kappa shape index (κ2) is 6.80. The van der Waals surface area contributed by atoms with Gasteiger partial charge in [-0.25, -0.2) is 4.39 Å². The van der Waals surface area contributed by atoms with Gasteiger partial charge in [0.1, 0.15) is 5.82 Å². The Morgan fingerprint density at radius 1 is 1.50 bits per heavy atom. The van der Waals surface area contributed by atoms with Gasteiger partial charge in [0, 0.05) is 36.8 Å². The zero-order valence-electron chi connectivity index (χ0n) is 12.7. The molecule has 2 rings (SSSR count). The molecule has 1 saturated heterocycles. The van der Waals surface area contributed by atoms with Crippen LogP contribution in [0.2, 0.25) is 5.02 Å². The van der Waals surface area contributed by atoms with Crippen molar-refractivity contribution in [2.45, 2.75) is 25.9 Å².